The van der Waals surface area contributed by atoms with Gasteiger partial charge in [0.05, 0.1) is 0 Å². The maximum atomic E-state index is 4.06. The van der Waals surface area contributed by atoms with Crippen molar-refractivity contribution in [1.29, 1.82) is 0 Å². The summed E-state index contributed by atoms with van der Waals surface area (Å²) in [5.41, 5.74) is 2.76. The first kappa shape index (κ1) is 12.3. The lowest BCUT2D eigenvalue weighted by molar-refractivity contribution is 0.362. The molecule has 0 bridgehead atoms. The first-order chi connectivity index (χ1) is 7.09. The van der Waals surface area contributed by atoms with Crippen molar-refractivity contribution >= 4 is 0 Å². The molecule has 0 aromatic rings. The molecule has 0 aliphatic heterocycles. The van der Waals surface area contributed by atoms with Gasteiger partial charge in [0.1, 0.15) is 0 Å². The Hall–Kier alpha value is -0.780. The molecule has 0 nitrogen and oxygen atoms in total. The molecule has 0 aromatic carbocycles. The number of allylic oxidation sites excluding steroid dienone is 5. The quantitative estimate of drug-likeness (QED) is 0.533. The van der Waals surface area contributed by atoms with Gasteiger partial charge in [-0.15, -0.1) is 0 Å². The second-order valence-electron chi connectivity index (χ2n) is 5.09. The van der Waals surface area contributed by atoms with Gasteiger partial charge in [-0.1, -0.05) is 49.8 Å². The van der Waals surface area contributed by atoms with Crippen molar-refractivity contribution < 1.29 is 0 Å². The van der Waals surface area contributed by atoms with E-state index in [2.05, 4.69) is 45.6 Å². The van der Waals surface area contributed by atoms with Gasteiger partial charge in [-0.2, -0.15) is 0 Å². The van der Waals surface area contributed by atoms with Crippen LogP contribution in [-0.4, -0.2) is 0 Å². The Morgan fingerprint density at radius 3 is 2.80 bits per heavy atom. The molecule has 0 amide bonds. The summed E-state index contributed by atoms with van der Waals surface area (Å²) in [7, 11) is 0. The molecule has 15 heavy (non-hydrogen) atoms. The van der Waals surface area contributed by atoms with E-state index in [9.17, 15) is 0 Å². The van der Waals surface area contributed by atoms with E-state index < -0.39 is 0 Å². The monoisotopic (exact) mass is 204 g/mol. The van der Waals surface area contributed by atoms with E-state index in [0.29, 0.717) is 0 Å². The van der Waals surface area contributed by atoms with Gasteiger partial charge in [0, 0.05) is 0 Å². The van der Waals surface area contributed by atoms with E-state index >= 15 is 0 Å². The molecule has 0 N–H and O–H groups in total. The lowest BCUT2D eigenvalue weighted by Gasteiger charge is -2.20. The van der Waals surface area contributed by atoms with Crippen LogP contribution in [0.4, 0.5) is 0 Å². The van der Waals surface area contributed by atoms with Crippen LogP contribution < -0.4 is 0 Å². The van der Waals surface area contributed by atoms with Crippen molar-refractivity contribution in [2.75, 3.05) is 0 Å². The third-order valence-corrected chi connectivity index (χ3v) is 3.36. The fourth-order valence-electron chi connectivity index (χ4n) is 2.02. The molecule has 1 aliphatic carbocycles. The van der Waals surface area contributed by atoms with Crippen LogP contribution >= 0.6 is 0 Å². The highest BCUT2D eigenvalue weighted by Gasteiger charge is 2.12. The molecule has 1 aliphatic rings. The van der Waals surface area contributed by atoms with Crippen molar-refractivity contribution in [2.45, 2.75) is 46.5 Å². The maximum absolute atomic E-state index is 4.06. The molecule has 0 unspecified atom stereocenters. The van der Waals surface area contributed by atoms with E-state index in [-0.39, 0.29) is 0 Å². The number of hydrogen-bond acceptors (Lipinski definition) is 0. The van der Waals surface area contributed by atoms with Crippen LogP contribution in [0, 0.1) is 11.8 Å². The van der Waals surface area contributed by atoms with Crippen LogP contribution in [0.1, 0.15) is 46.5 Å². The zero-order valence-corrected chi connectivity index (χ0v) is 10.4. The second kappa shape index (κ2) is 5.95. The van der Waals surface area contributed by atoms with Crippen LogP contribution in [0.2, 0.25) is 0 Å². The summed E-state index contributed by atoms with van der Waals surface area (Å²) in [5.74, 6) is 1.62. The average molecular weight is 204 g/mol. The largest absolute Gasteiger partial charge is 0.0955 e. The predicted molar refractivity (Wildman–Crippen MR) is 68.8 cm³/mol. The topological polar surface area (TPSA) is 0 Å². The van der Waals surface area contributed by atoms with Gasteiger partial charge in [-0.05, 0) is 44.4 Å². The van der Waals surface area contributed by atoms with Gasteiger partial charge in [0.15, 0.2) is 0 Å². The first-order valence-electron chi connectivity index (χ1n) is 6.09. The van der Waals surface area contributed by atoms with Gasteiger partial charge in [0.25, 0.3) is 0 Å². The van der Waals surface area contributed by atoms with Crippen LogP contribution in [0.3, 0.4) is 0 Å². The third kappa shape index (κ3) is 4.51. The van der Waals surface area contributed by atoms with Crippen LogP contribution in [-0.2, 0) is 0 Å². The van der Waals surface area contributed by atoms with Gasteiger partial charge in [-0.25, -0.2) is 0 Å². The van der Waals surface area contributed by atoms with Gasteiger partial charge in [0.2, 0.25) is 0 Å². The standard InChI is InChI=1S/C15H24/c1-12(2)15-7-5-6-13(3)8-9-14(4)10-11-15/h5-6,9,12,15H,3,7-8,10-11H2,1-2,4H3/b6-5+,14-9+/t15-/m1/s1. The second-order valence-corrected chi connectivity index (χ2v) is 5.09. The zero-order valence-electron chi connectivity index (χ0n) is 10.4. The Balaban J connectivity index is 2.68. The molecule has 0 heteroatoms. The molecule has 0 aromatic heterocycles. The summed E-state index contributed by atoms with van der Waals surface area (Å²) in [5, 5.41) is 0. The number of rotatable bonds is 1. The van der Waals surface area contributed by atoms with E-state index in [4.69, 9.17) is 0 Å². The van der Waals surface area contributed by atoms with Crippen molar-refractivity contribution in [3.8, 4) is 0 Å². The third-order valence-electron chi connectivity index (χ3n) is 3.36. The summed E-state index contributed by atoms with van der Waals surface area (Å²) in [6, 6.07) is 0. The molecule has 0 saturated heterocycles. The molecule has 0 heterocycles. The van der Waals surface area contributed by atoms with Gasteiger partial charge >= 0.3 is 0 Å². The molecule has 0 fully saturated rings. The van der Waals surface area contributed by atoms with Crippen LogP contribution in [0.25, 0.3) is 0 Å². The normalized spacial score (nSPS) is 29.7. The molecule has 0 spiro atoms. The maximum Gasteiger partial charge on any atom is -0.0101 e. The highest BCUT2D eigenvalue weighted by atomic mass is 14.2. The Kier molecular flexibility index (Phi) is 4.87. The van der Waals surface area contributed by atoms with Crippen molar-refractivity contribution in [1.82, 2.24) is 0 Å². The summed E-state index contributed by atoms with van der Waals surface area (Å²) >= 11 is 0. The Morgan fingerprint density at radius 2 is 2.13 bits per heavy atom. The smallest absolute Gasteiger partial charge is 0.0101 e. The Labute approximate surface area is 94.8 Å². The minimum atomic E-state index is 0.787. The zero-order chi connectivity index (χ0) is 11.3. The van der Waals surface area contributed by atoms with E-state index in [1.807, 2.05) is 0 Å². The van der Waals surface area contributed by atoms with Gasteiger partial charge in [-0.3, -0.25) is 0 Å². The molecule has 84 valence electrons. The minimum absolute atomic E-state index is 0.787. The van der Waals surface area contributed by atoms with Crippen molar-refractivity contribution in [3.63, 3.8) is 0 Å². The fourth-order valence-corrected chi connectivity index (χ4v) is 2.02. The molecule has 1 atom stereocenters. The Morgan fingerprint density at radius 1 is 1.40 bits per heavy atom. The van der Waals surface area contributed by atoms with Crippen LogP contribution in [0.15, 0.2) is 36.0 Å². The molecule has 0 saturated carbocycles. The van der Waals surface area contributed by atoms with E-state index in [0.717, 1.165) is 18.3 Å². The lowest BCUT2D eigenvalue weighted by atomic mass is 9.86. The molecule has 1 rings (SSSR count). The SMILES string of the molecule is C=C1/C=C/C[C@@H](C(C)C)CC/C(C)=C/C1. The summed E-state index contributed by atoms with van der Waals surface area (Å²) in [6.45, 7) is 11.0. The Bertz CT molecular complexity index is 266. The lowest BCUT2D eigenvalue weighted by Crippen LogP contribution is -2.08. The van der Waals surface area contributed by atoms with Crippen LogP contribution in [0.5, 0.6) is 0 Å². The fraction of sp³-hybridized carbons (Fsp3) is 0.600. The highest BCUT2D eigenvalue weighted by Crippen LogP contribution is 2.25. The van der Waals surface area contributed by atoms with E-state index in [1.54, 1.807) is 0 Å². The minimum Gasteiger partial charge on any atom is -0.0955 e. The summed E-state index contributed by atoms with van der Waals surface area (Å²) < 4.78 is 0. The predicted octanol–water partition coefficient (Wildman–Crippen LogP) is 4.89. The summed E-state index contributed by atoms with van der Waals surface area (Å²) in [4.78, 5) is 0. The van der Waals surface area contributed by atoms with Crippen molar-refractivity contribution in [2.24, 2.45) is 11.8 Å². The van der Waals surface area contributed by atoms with Gasteiger partial charge < -0.3 is 0 Å². The molecular weight excluding hydrogens is 180 g/mol. The summed E-state index contributed by atoms with van der Waals surface area (Å²) in [6.07, 6.45) is 11.7. The first-order valence-corrected chi connectivity index (χ1v) is 6.09. The highest BCUT2D eigenvalue weighted by molar-refractivity contribution is 5.19. The van der Waals surface area contributed by atoms with Crippen molar-refractivity contribution in [3.05, 3.63) is 36.0 Å². The number of hydrogen-bond donors (Lipinski definition) is 0. The van der Waals surface area contributed by atoms with E-state index in [1.165, 1.54) is 30.4 Å². The average Bonchev–Trinajstić information content (AvgIpc) is 2.19. The molecule has 0 radical (unpaired) electrons. The molecular formula is C15H24.